The van der Waals surface area contributed by atoms with Crippen LogP contribution in [0.1, 0.15) is 28.7 Å². The Labute approximate surface area is 121 Å². The van der Waals surface area contributed by atoms with E-state index in [1.54, 1.807) is 0 Å². The number of hydrogen-bond donors (Lipinski definition) is 1. The first-order valence-electron chi connectivity index (χ1n) is 7.12. The van der Waals surface area contributed by atoms with Gasteiger partial charge in [0.1, 0.15) is 5.75 Å². The van der Waals surface area contributed by atoms with Crippen molar-refractivity contribution in [3.63, 3.8) is 0 Å². The van der Waals surface area contributed by atoms with Gasteiger partial charge in [-0.2, -0.15) is 0 Å². The molecule has 0 aliphatic rings. The van der Waals surface area contributed by atoms with Gasteiger partial charge in [-0.25, -0.2) is 0 Å². The Bertz CT molecular complexity index is 590. The van der Waals surface area contributed by atoms with Crippen LogP contribution in [0.25, 0.3) is 0 Å². The second-order valence-corrected chi connectivity index (χ2v) is 5.35. The lowest BCUT2D eigenvalue weighted by molar-refractivity contribution is 0.306. The first-order valence-corrected chi connectivity index (χ1v) is 7.12. The predicted octanol–water partition coefficient (Wildman–Crippen LogP) is 4.21. The summed E-state index contributed by atoms with van der Waals surface area (Å²) in [4.78, 5) is 0. The molecule has 2 aromatic rings. The van der Waals surface area contributed by atoms with Gasteiger partial charge < -0.3 is 10.5 Å². The van der Waals surface area contributed by atoms with Gasteiger partial charge in [0, 0.05) is 5.69 Å². The Morgan fingerprint density at radius 3 is 2.50 bits per heavy atom. The maximum atomic E-state index is 5.97. The van der Waals surface area contributed by atoms with E-state index in [0.29, 0.717) is 0 Å². The van der Waals surface area contributed by atoms with E-state index >= 15 is 0 Å². The van der Waals surface area contributed by atoms with Crippen molar-refractivity contribution in [3.05, 3.63) is 58.7 Å². The Balaban J connectivity index is 1.89. The van der Waals surface area contributed by atoms with Crippen LogP contribution in [0.2, 0.25) is 0 Å². The van der Waals surface area contributed by atoms with Crippen molar-refractivity contribution in [2.24, 2.45) is 0 Å². The molecule has 0 radical (unpaired) electrons. The zero-order valence-electron chi connectivity index (χ0n) is 12.6. The minimum atomic E-state index is 0.736. The third-order valence-corrected chi connectivity index (χ3v) is 3.68. The standard InChI is InChI=1S/C18H23NO/c1-13-9-10-14(2)18(15(13)3)20-11-5-7-16-6-4-8-17(19)12-16/h4,6,8-10,12H,5,7,11,19H2,1-3H3. The minimum absolute atomic E-state index is 0.736. The summed E-state index contributed by atoms with van der Waals surface area (Å²) in [5, 5.41) is 0. The molecular weight excluding hydrogens is 246 g/mol. The van der Waals surface area contributed by atoms with Gasteiger partial charge in [0.15, 0.2) is 0 Å². The molecule has 0 unspecified atom stereocenters. The Morgan fingerprint density at radius 2 is 1.75 bits per heavy atom. The molecular formula is C18H23NO. The van der Waals surface area contributed by atoms with Crippen LogP contribution < -0.4 is 10.5 Å². The number of nitrogens with two attached hydrogens (primary N) is 1. The van der Waals surface area contributed by atoms with E-state index in [1.165, 1.54) is 22.3 Å². The summed E-state index contributed by atoms with van der Waals surface area (Å²) in [7, 11) is 0. The van der Waals surface area contributed by atoms with E-state index in [4.69, 9.17) is 10.5 Å². The molecule has 0 amide bonds. The summed E-state index contributed by atoms with van der Waals surface area (Å²) < 4.78 is 5.97. The monoisotopic (exact) mass is 269 g/mol. The zero-order valence-corrected chi connectivity index (χ0v) is 12.6. The van der Waals surface area contributed by atoms with Crippen molar-refractivity contribution in [2.45, 2.75) is 33.6 Å². The number of benzene rings is 2. The molecule has 2 nitrogen and oxygen atoms in total. The quantitative estimate of drug-likeness (QED) is 0.652. The van der Waals surface area contributed by atoms with Crippen LogP contribution in [0, 0.1) is 20.8 Å². The highest BCUT2D eigenvalue weighted by atomic mass is 16.5. The fourth-order valence-corrected chi connectivity index (χ4v) is 2.35. The van der Waals surface area contributed by atoms with Gasteiger partial charge >= 0.3 is 0 Å². The van der Waals surface area contributed by atoms with Gasteiger partial charge in [-0.15, -0.1) is 0 Å². The van der Waals surface area contributed by atoms with Crippen LogP contribution in [-0.2, 0) is 6.42 Å². The lowest BCUT2D eigenvalue weighted by Crippen LogP contribution is -2.03. The highest BCUT2D eigenvalue weighted by Gasteiger charge is 2.06. The molecule has 2 aromatic carbocycles. The third-order valence-electron chi connectivity index (χ3n) is 3.68. The van der Waals surface area contributed by atoms with Gasteiger partial charge in [-0.1, -0.05) is 24.3 Å². The lowest BCUT2D eigenvalue weighted by Gasteiger charge is -2.14. The molecule has 0 spiro atoms. The molecule has 0 bridgehead atoms. The van der Waals surface area contributed by atoms with Crippen LogP contribution in [-0.4, -0.2) is 6.61 Å². The zero-order chi connectivity index (χ0) is 14.5. The van der Waals surface area contributed by atoms with Crippen molar-refractivity contribution < 1.29 is 4.74 Å². The SMILES string of the molecule is Cc1ccc(C)c(OCCCc2cccc(N)c2)c1C. The molecule has 2 heteroatoms. The Hall–Kier alpha value is -1.96. The molecule has 0 aromatic heterocycles. The number of anilines is 1. The first kappa shape index (κ1) is 14.4. The second-order valence-electron chi connectivity index (χ2n) is 5.35. The molecule has 2 rings (SSSR count). The van der Waals surface area contributed by atoms with Gasteiger partial charge in [0.25, 0.3) is 0 Å². The topological polar surface area (TPSA) is 35.2 Å². The number of nitrogen functional groups attached to an aromatic ring is 1. The molecule has 2 N–H and O–H groups in total. The fourth-order valence-electron chi connectivity index (χ4n) is 2.35. The van der Waals surface area contributed by atoms with Crippen LogP contribution in [0.3, 0.4) is 0 Å². The third kappa shape index (κ3) is 3.53. The molecule has 0 aliphatic carbocycles. The van der Waals surface area contributed by atoms with E-state index in [0.717, 1.165) is 30.9 Å². The number of aryl methyl sites for hydroxylation is 3. The van der Waals surface area contributed by atoms with Gasteiger partial charge in [-0.3, -0.25) is 0 Å². The largest absolute Gasteiger partial charge is 0.493 e. The molecule has 0 aliphatic heterocycles. The smallest absolute Gasteiger partial charge is 0.125 e. The van der Waals surface area contributed by atoms with E-state index in [-0.39, 0.29) is 0 Å². The van der Waals surface area contributed by atoms with Gasteiger partial charge in [0.05, 0.1) is 6.61 Å². The molecule has 106 valence electrons. The fraction of sp³-hybridized carbons (Fsp3) is 0.333. The first-order chi connectivity index (χ1) is 9.58. The summed E-state index contributed by atoms with van der Waals surface area (Å²) >= 11 is 0. The molecule has 20 heavy (non-hydrogen) atoms. The summed E-state index contributed by atoms with van der Waals surface area (Å²) in [6.07, 6.45) is 1.99. The lowest BCUT2D eigenvalue weighted by atomic mass is 10.1. The molecule has 0 fully saturated rings. The van der Waals surface area contributed by atoms with Crippen LogP contribution in [0.15, 0.2) is 36.4 Å². The minimum Gasteiger partial charge on any atom is -0.493 e. The van der Waals surface area contributed by atoms with Crippen molar-refractivity contribution >= 4 is 5.69 Å². The highest BCUT2D eigenvalue weighted by molar-refractivity contribution is 5.44. The van der Waals surface area contributed by atoms with Crippen molar-refractivity contribution in [1.29, 1.82) is 0 Å². The number of hydrogen-bond acceptors (Lipinski definition) is 2. The number of ether oxygens (including phenoxy) is 1. The maximum absolute atomic E-state index is 5.97. The summed E-state index contributed by atoms with van der Waals surface area (Å²) in [5.41, 5.74) is 11.6. The van der Waals surface area contributed by atoms with Gasteiger partial charge in [0.2, 0.25) is 0 Å². The Kier molecular flexibility index (Phi) is 4.67. The van der Waals surface area contributed by atoms with Crippen molar-refractivity contribution in [2.75, 3.05) is 12.3 Å². The van der Waals surface area contributed by atoms with Crippen molar-refractivity contribution in [3.8, 4) is 5.75 Å². The molecule has 0 saturated carbocycles. The van der Waals surface area contributed by atoms with Crippen LogP contribution >= 0.6 is 0 Å². The summed E-state index contributed by atoms with van der Waals surface area (Å²) in [5.74, 6) is 1.04. The normalized spacial score (nSPS) is 10.6. The molecule has 0 atom stereocenters. The van der Waals surface area contributed by atoms with Gasteiger partial charge in [-0.05, 0) is 68.0 Å². The molecule has 0 saturated heterocycles. The van der Waals surface area contributed by atoms with E-state index in [2.05, 4.69) is 39.0 Å². The second kappa shape index (κ2) is 6.47. The van der Waals surface area contributed by atoms with E-state index < -0.39 is 0 Å². The van der Waals surface area contributed by atoms with Crippen LogP contribution in [0.4, 0.5) is 5.69 Å². The Morgan fingerprint density at radius 1 is 1.00 bits per heavy atom. The summed E-state index contributed by atoms with van der Waals surface area (Å²) in [6.45, 7) is 7.07. The van der Waals surface area contributed by atoms with E-state index in [9.17, 15) is 0 Å². The van der Waals surface area contributed by atoms with Crippen LogP contribution in [0.5, 0.6) is 5.75 Å². The predicted molar refractivity (Wildman–Crippen MR) is 85.3 cm³/mol. The maximum Gasteiger partial charge on any atom is 0.125 e. The molecule has 0 heterocycles. The number of rotatable bonds is 5. The van der Waals surface area contributed by atoms with Crippen molar-refractivity contribution in [1.82, 2.24) is 0 Å². The average Bonchev–Trinajstić information content (AvgIpc) is 2.42. The summed E-state index contributed by atoms with van der Waals surface area (Å²) in [6, 6.07) is 12.3. The average molecular weight is 269 g/mol. The highest BCUT2D eigenvalue weighted by Crippen LogP contribution is 2.25. The van der Waals surface area contributed by atoms with E-state index in [1.807, 2.05) is 18.2 Å².